The molecule has 0 bridgehead atoms. The minimum absolute atomic E-state index is 0.0534. The summed E-state index contributed by atoms with van der Waals surface area (Å²) in [6.45, 7) is 6.63. The zero-order valence-electron chi connectivity index (χ0n) is 12.0. The highest BCUT2D eigenvalue weighted by Crippen LogP contribution is 2.14. The van der Waals surface area contributed by atoms with E-state index in [2.05, 4.69) is 20.1 Å². The van der Waals surface area contributed by atoms with Crippen molar-refractivity contribution in [2.45, 2.75) is 52.0 Å². The average Bonchev–Trinajstić information content (AvgIpc) is 2.98. The molecule has 0 aliphatic carbocycles. The molecule has 1 aromatic heterocycles. The second-order valence-electron chi connectivity index (χ2n) is 5.61. The van der Waals surface area contributed by atoms with Gasteiger partial charge in [0.2, 0.25) is 0 Å². The van der Waals surface area contributed by atoms with Crippen molar-refractivity contribution in [3.63, 3.8) is 0 Å². The van der Waals surface area contributed by atoms with E-state index in [0.29, 0.717) is 19.6 Å². The molecule has 1 N–H and O–H groups in total. The largest absolute Gasteiger partial charge is 0.372 e. The summed E-state index contributed by atoms with van der Waals surface area (Å²) in [5.41, 5.74) is 0. The zero-order chi connectivity index (χ0) is 14.1. The van der Waals surface area contributed by atoms with Gasteiger partial charge in [-0.2, -0.15) is 0 Å². The maximum absolute atomic E-state index is 12.2. The Kier molecular flexibility index (Phi) is 3.60. The summed E-state index contributed by atoms with van der Waals surface area (Å²) in [7, 11) is 0. The summed E-state index contributed by atoms with van der Waals surface area (Å²) in [6, 6.07) is -0.0534. The normalized spacial score (nSPS) is 25.6. The van der Waals surface area contributed by atoms with Crippen molar-refractivity contribution in [3.05, 3.63) is 11.6 Å². The van der Waals surface area contributed by atoms with Crippen molar-refractivity contribution in [1.29, 1.82) is 0 Å². The number of carbonyl (C=O) groups is 1. The molecule has 2 amide bonds. The van der Waals surface area contributed by atoms with Crippen molar-refractivity contribution >= 4 is 6.03 Å². The van der Waals surface area contributed by atoms with Gasteiger partial charge in [-0.15, -0.1) is 10.2 Å². The first-order chi connectivity index (χ1) is 9.63. The molecule has 1 aromatic rings. The molecule has 0 aromatic carbocycles. The van der Waals surface area contributed by atoms with E-state index in [1.165, 1.54) is 0 Å². The monoisotopic (exact) mass is 279 g/mol. The Balaban J connectivity index is 1.56. The maximum atomic E-state index is 12.2. The van der Waals surface area contributed by atoms with Crippen LogP contribution in [-0.4, -0.2) is 51.0 Å². The Morgan fingerprint density at radius 2 is 2.10 bits per heavy atom. The number of morpholine rings is 1. The van der Waals surface area contributed by atoms with E-state index in [0.717, 1.165) is 31.0 Å². The van der Waals surface area contributed by atoms with E-state index in [9.17, 15) is 4.79 Å². The molecule has 7 nitrogen and oxygen atoms in total. The van der Waals surface area contributed by atoms with Crippen LogP contribution >= 0.6 is 0 Å². The van der Waals surface area contributed by atoms with Crippen LogP contribution in [0.15, 0.2) is 0 Å². The number of amides is 2. The third kappa shape index (κ3) is 2.63. The molecule has 0 unspecified atom stereocenters. The number of aryl methyl sites for hydroxylation is 1. The van der Waals surface area contributed by atoms with Crippen LogP contribution in [0, 0.1) is 0 Å². The Bertz CT molecular complexity index is 491. The van der Waals surface area contributed by atoms with Crippen molar-refractivity contribution in [2.75, 3.05) is 13.1 Å². The van der Waals surface area contributed by atoms with E-state index in [1.54, 1.807) is 4.90 Å². The second kappa shape index (κ2) is 5.40. The molecule has 2 aliphatic rings. The summed E-state index contributed by atoms with van der Waals surface area (Å²) in [5.74, 6) is 1.88. The van der Waals surface area contributed by atoms with Crippen LogP contribution in [0.5, 0.6) is 0 Å². The Labute approximate surface area is 118 Å². The summed E-state index contributed by atoms with van der Waals surface area (Å²) in [6.07, 6.45) is 2.27. The van der Waals surface area contributed by atoms with Gasteiger partial charge in [0.15, 0.2) is 5.82 Å². The summed E-state index contributed by atoms with van der Waals surface area (Å²) < 4.78 is 7.73. The van der Waals surface area contributed by atoms with Crippen LogP contribution in [0.4, 0.5) is 4.79 Å². The van der Waals surface area contributed by atoms with Gasteiger partial charge in [0.1, 0.15) is 5.82 Å². The third-order valence-corrected chi connectivity index (χ3v) is 3.79. The van der Waals surface area contributed by atoms with Gasteiger partial charge in [-0.3, -0.25) is 0 Å². The number of nitrogens with one attached hydrogen (secondary N) is 1. The Morgan fingerprint density at radius 3 is 2.85 bits per heavy atom. The minimum Gasteiger partial charge on any atom is -0.372 e. The van der Waals surface area contributed by atoms with Crippen LogP contribution < -0.4 is 5.32 Å². The lowest BCUT2D eigenvalue weighted by atomic mass is 10.2. The van der Waals surface area contributed by atoms with Crippen molar-refractivity contribution in [2.24, 2.45) is 0 Å². The average molecular weight is 279 g/mol. The molecular weight excluding hydrogens is 258 g/mol. The molecular formula is C13H21N5O2. The molecule has 0 spiro atoms. The first-order valence-electron chi connectivity index (χ1n) is 7.22. The van der Waals surface area contributed by atoms with Gasteiger partial charge in [-0.25, -0.2) is 4.79 Å². The fourth-order valence-corrected chi connectivity index (χ4v) is 2.95. The lowest BCUT2D eigenvalue weighted by Gasteiger charge is -2.35. The SMILES string of the molecule is C[C@@H]1CN(C(=O)NCc2nnc3n2CCC3)C[C@@H](C)O1. The fraction of sp³-hybridized carbons (Fsp3) is 0.769. The first-order valence-corrected chi connectivity index (χ1v) is 7.22. The Hall–Kier alpha value is -1.63. The van der Waals surface area contributed by atoms with Gasteiger partial charge in [-0.1, -0.05) is 0 Å². The minimum atomic E-state index is -0.0534. The molecule has 0 radical (unpaired) electrons. The molecule has 0 saturated carbocycles. The topological polar surface area (TPSA) is 72.3 Å². The smallest absolute Gasteiger partial charge is 0.317 e. The van der Waals surface area contributed by atoms with Crippen molar-refractivity contribution in [3.8, 4) is 0 Å². The van der Waals surface area contributed by atoms with E-state index >= 15 is 0 Å². The quantitative estimate of drug-likeness (QED) is 0.858. The van der Waals surface area contributed by atoms with Gasteiger partial charge in [0, 0.05) is 26.1 Å². The van der Waals surface area contributed by atoms with Crippen LogP contribution in [0.3, 0.4) is 0 Å². The van der Waals surface area contributed by atoms with E-state index in [-0.39, 0.29) is 18.2 Å². The number of rotatable bonds is 2. The first kappa shape index (κ1) is 13.4. The summed E-state index contributed by atoms with van der Waals surface area (Å²) in [4.78, 5) is 14.0. The van der Waals surface area contributed by atoms with Crippen LogP contribution in [0.25, 0.3) is 0 Å². The number of nitrogens with zero attached hydrogens (tertiary/aromatic N) is 4. The predicted molar refractivity (Wildman–Crippen MR) is 72.2 cm³/mol. The highest BCUT2D eigenvalue weighted by Gasteiger charge is 2.26. The Morgan fingerprint density at radius 1 is 1.35 bits per heavy atom. The fourth-order valence-electron chi connectivity index (χ4n) is 2.95. The molecule has 1 saturated heterocycles. The number of urea groups is 1. The number of hydrogen-bond donors (Lipinski definition) is 1. The molecule has 110 valence electrons. The molecule has 3 heterocycles. The number of hydrogen-bond acceptors (Lipinski definition) is 4. The molecule has 2 atom stereocenters. The number of aromatic nitrogens is 3. The van der Waals surface area contributed by atoms with Crippen LogP contribution in [0.2, 0.25) is 0 Å². The standard InChI is InChI=1S/C13H21N5O2/c1-9-7-17(8-10(2)20-9)13(19)14-6-12-16-15-11-4-3-5-18(11)12/h9-10H,3-8H2,1-2H3,(H,14,19)/t9-,10-/m1/s1. The van der Waals surface area contributed by atoms with E-state index < -0.39 is 0 Å². The lowest BCUT2D eigenvalue weighted by Crippen LogP contribution is -2.51. The van der Waals surface area contributed by atoms with Gasteiger partial charge < -0.3 is 19.5 Å². The van der Waals surface area contributed by atoms with Gasteiger partial charge >= 0.3 is 6.03 Å². The van der Waals surface area contributed by atoms with Gasteiger partial charge in [-0.05, 0) is 20.3 Å². The molecule has 1 fully saturated rings. The number of ether oxygens (including phenoxy) is 1. The summed E-state index contributed by atoms with van der Waals surface area (Å²) in [5, 5.41) is 11.2. The van der Waals surface area contributed by atoms with Crippen LogP contribution in [0.1, 0.15) is 31.9 Å². The zero-order valence-corrected chi connectivity index (χ0v) is 12.0. The van der Waals surface area contributed by atoms with Crippen molar-refractivity contribution in [1.82, 2.24) is 25.0 Å². The second-order valence-corrected chi connectivity index (χ2v) is 5.61. The molecule has 2 aliphatic heterocycles. The van der Waals surface area contributed by atoms with Gasteiger partial charge in [0.05, 0.1) is 18.8 Å². The highest BCUT2D eigenvalue weighted by atomic mass is 16.5. The molecule has 7 heteroatoms. The van der Waals surface area contributed by atoms with Gasteiger partial charge in [0.25, 0.3) is 0 Å². The predicted octanol–water partition coefficient (Wildman–Crippen LogP) is 0.543. The third-order valence-electron chi connectivity index (χ3n) is 3.79. The van der Waals surface area contributed by atoms with Crippen LogP contribution in [-0.2, 0) is 24.2 Å². The number of fused-ring (bicyclic) bond motifs is 1. The van der Waals surface area contributed by atoms with Crippen molar-refractivity contribution < 1.29 is 9.53 Å². The molecule has 3 rings (SSSR count). The lowest BCUT2D eigenvalue weighted by molar-refractivity contribution is -0.0545. The molecule has 20 heavy (non-hydrogen) atoms. The van der Waals surface area contributed by atoms with E-state index in [4.69, 9.17) is 4.74 Å². The number of carbonyl (C=O) groups excluding carboxylic acids is 1. The maximum Gasteiger partial charge on any atom is 0.317 e. The highest BCUT2D eigenvalue weighted by molar-refractivity contribution is 5.74. The van der Waals surface area contributed by atoms with E-state index in [1.807, 2.05) is 13.8 Å². The summed E-state index contributed by atoms with van der Waals surface area (Å²) >= 11 is 0.